The van der Waals surface area contributed by atoms with Gasteiger partial charge in [-0.3, -0.25) is 4.90 Å². The SMILES string of the molecule is Brc1ccc(CN2C3CCC2CC3)s1. The molecule has 3 rings (SSSR count). The molecule has 76 valence electrons. The number of halogens is 1. The van der Waals surface area contributed by atoms with Crippen molar-refractivity contribution in [3.63, 3.8) is 0 Å². The molecule has 1 aromatic rings. The van der Waals surface area contributed by atoms with E-state index < -0.39 is 0 Å². The van der Waals surface area contributed by atoms with Gasteiger partial charge in [0.2, 0.25) is 0 Å². The summed E-state index contributed by atoms with van der Waals surface area (Å²) in [6, 6.07) is 6.23. The summed E-state index contributed by atoms with van der Waals surface area (Å²) in [5.74, 6) is 0. The molecule has 0 spiro atoms. The second kappa shape index (κ2) is 3.62. The third kappa shape index (κ3) is 1.55. The molecule has 14 heavy (non-hydrogen) atoms. The Kier molecular flexibility index (Phi) is 2.42. The Balaban J connectivity index is 1.73. The molecule has 2 fully saturated rings. The van der Waals surface area contributed by atoms with Crippen LogP contribution in [-0.2, 0) is 6.54 Å². The number of nitrogens with zero attached hydrogens (tertiary/aromatic N) is 1. The number of hydrogen-bond acceptors (Lipinski definition) is 2. The van der Waals surface area contributed by atoms with Crippen LogP contribution in [0.15, 0.2) is 15.9 Å². The first-order valence-electron chi connectivity index (χ1n) is 5.33. The average Bonchev–Trinajstić information content (AvgIpc) is 2.85. The molecule has 1 aromatic heterocycles. The molecular weight excluding hydrogens is 258 g/mol. The highest BCUT2D eigenvalue weighted by Gasteiger charge is 2.38. The van der Waals surface area contributed by atoms with Crippen LogP contribution < -0.4 is 0 Å². The number of thiophene rings is 1. The standard InChI is InChI=1S/C11H14BrNS/c12-11-6-5-10(14-11)7-13-8-1-2-9(13)4-3-8/h5-6,8-9H,1-4,7H2. The summed E-state index contributed by atoms with van der Waals surface area (Å²) >= 11 is 5.41. The molecule has 0 atom stereocenters. The molecule has 0 aromatic carbocycles. The van der Waals surface area contributed by atoms with E-state index in [0.29, 0.717) is 0 Å². The Morgan fingerprint density at radius 2 is 1.86 bits per heavy atom. The van der Waals surface area contributed by atoms with Gasteiger partial charge < -0.3 is 0 Å². The number of rotatable bonds is 2. The first-order valence-corrected chi connectivity index (χ1v) is 6.94. The van der Waals surface area contributed by atoms with Crippen molar-refractivity contribution >= 4 is 27.3 Å². The van der Waals surface area contributed by atoms with Crippen molar-refractivity contribution in [2.45, 2.75) is 44.3 Å². The maximum Gasteiger partial charge on any atom is 0.0701 e. The molecule has 0 aliphatic carbocycles. The van der Waals surface area contributed by atoms with Crippen molar-refractivity contribution in [1.82, 2.24) is 4.90 Å². The Hall–Kier alpha value is 0.140. The van der Waals surface area contributed by atoms with Crippen LogP contribution in [0.3, 0.4) is 0 Å². The van der Waals surface area contributed by atoms with Crippen LogP contribution in [0.1, 0.15) is 30.6 Å². The predicted molar refractivity (Wildman–Crippen MR) is 63.6 cm³/mol. The average molecular weight is 272 g/mol. The minimum Gasteiger partial charge on any atom is -0.292 e. The van der Waals surface area contributed by atoms with Gasteiger partial charge in [0, 0.05) is 23.5 Å². The highest BCUT2D eigenvalue weighted by molar-refractivity contribution is 9.11. The van der Waals surface area contributed by atoms with E-state index in [1.165, 1.54) is 40.9 Å². The van der Waals surface area contributed by atoms with E-state index in [4.69, 9.17) is 0 Å². The maximum atomic E-state index is 3.53. The van der Waals surface area contributed by atoms with Crippen molar-refractivity contribution in [2.75, 3.05) is 0 Å². The lowest BCUT2D eigenvalue weighted by Crippen LogP contribution is -2.27. The summed E-state index contributed by atoms with van der Waals surface area (Å²) in [4.78, 5) is 4.23. The molecule has 3 heteroatoms. The topological polar surface area (TPSA) is 3.24 Å². The Labute approximate surface area is 97.2 Å². The van der Waals surface area contributed by atoms with Gasteiger partial charge in [0.05, 0.1) is 3.79 Å². The molecule has 0 N–H and O–H groups in total. The lowest BCUT2D eigenvalue weighted by molar-refractivity contribution is 0.246. The molecule has 2 bridgehead atoms. The largest absolute Gasteiger partial charge is 0.292 e. The molecule has 0 saturated carbocycles. The summed E-state index contributed by atoms with van der Waals surface area (Å²) in [5.41, 5.74) is 0. The lowest BCUT2D eigenvalue weighted by Gasteiger charge is -2.20. The molecule has 2 saturated heterocycles. The highest BCUT2D eigenvalue weighted by Crippen LogP contribution is 2.39. The molecule has 0 amide bonds. The van der Waals surface area contributed by atoms with Gasteiger partial charge >= 0.3 is 0 Å². The molecular formula is C11H14BrNS. The Morgan fingerprint density at radius 3 is 2.36 bits per heavy atom. The fourth-order valence-corrected chi connectivity index (χ4v) is 4.39. The van der Waals surface area contributed by atoms with E-state index in [2.05, 4.69) is 33.0 Å². The van der Waals surface area contributed by atoms with Gasteiger partial charge in [0.1, 0.15) is 0 Å². The Morgan fingerprint density at radius 1 is 1.21 bits per heavy atom. The van der Waals surface area contributed by atoms with Crippen LogP contribution in [0, 0.1) is 0 Å². The second-order valence-electron chi connectivity index (χ2n) is 4.34. The first kappa shape index (κ1) is 9.37. The quantitative estimate of drug-likeness (QED) is 0.794. The van der Waals surface area contributed by atoms with E-state index >= 15 is 0 Å². The summed E-state index contributed by atoms with van der Waals surface area (Å²) in [6.45, 7) is 1.19. The zero-order valence-electron chi connectivity index (χ0n) is 8.08. The normalized spacial score (nSPS) is 31.5. The molecule has 0 radical (unpaired) electrons. The zero-order valence-corrected chi connectivity index (χ0v) is 10.5. The zero-order chi connectivity index (χ0) is 9.54. The number of hydrogen-bond donors (Lipinski definition) is 0. The third-order valence-corrected chi connectivity index (χ3v) is 5.18. The van der Waals surface area contributed by atoms with Gasteiger partial charge in [-0.05, 0) is 53.7 Å². The third-order valence-electron chi connectivity index (χ3n) is 3.57. The molecule has 2 aliphatic heterocycles. The monoisotopic (exact) mass is 271 g/mol. The maximum absolute atomic E-state index is 3.53. The van der Waals surface area contributed by atoms with Gasteiger partial charge in [-0.2, -0.15) is 0 Å². The lowest BCUT2D eigenvalue weighted by atomic mass is 10.0. The number of fused-ring (bicyclic) bond motifs is 2. The van der Waals surface area contributed by atoms with Crippen molar-refractivity contribution in [1.29, 1.82) is 0 Å². The van der Waals surface area contributed by atoms with E-state index in [1.807, 2.05) is 11.3 Å². The van der Waals surface area contributed by atoms with Crippen LogP contribution in [-0.4, -0.2) is 17.0 Å². The predicted octanol–water partition coefficient (Wildman–Crippen LogP) is 3.64. The van der Waals surface area contributed by atoms with Crippen molar-refractivity contribution in [3.05, 3.63) is 20.8 Å². The molecule has 2 aliphatic rings. The summed E-state index contributed by atoms with van der Waals surface area (Å²) in [5, 5.41) is 0. The Bertz CT molecular complexity index is 316. The van der Waals surface area contributed by atoms with Crippen LogP contribution in [0.25, 0.3) is 0 Å². The van der Waals surface area contributed by atoms with Gasteiger partial charge in [0.25, 0.3) is 0 Å². The fraction of sp³-hybridized carbons (Fsp3) is 0.636. The van der Waals surface area contributed by atoms with Gasteiger partial charge in [-0.25, -0.2) is 0 Å². The smallest absolute Gasteiger partial charge is 0.0701 e. The highest BCUT2D eigenvalue weighted by atomic mass is 79.9. The first-order chi connectivity index (χ1) is 6.83. The summed E-state index contributed by atoms with van der Waals surface area (Å²) in [7, 11) is 0. The molecule has 0 unspecified atom stereocenters. The summed E-state index contributed by atoms with van der Waals surface area (Å²) in [6.07, 6.45) is 5.77. The van der Waals surface area contributed by atoms with Gasteiger partial charge in [-0.15, -0.1) is 11.3 Å². The molecule has 3 heterocycles. The molecule has 1 nitrogen and oxygen atoms in total. The van der Waals surface area contributed by atoms with Crippen LogP contribution in [0.4, 0.5) is 0 Å². The minimum absolute atomic E-state index is 0.904. The second-order valence-corrected chi connectivity index (χ2v) is 6.89. The van der Waals surface area contributed by atoms with Gasteiger partial charge in [-0.1, -0.05) is 0 Å². The minimum atomic E-state index is 0.904. The van der Waals surface area contributed by atoms with E-state index in [1.54, 1.807) is 0 Å². The van der Waals surface area contributed by atoms with Crippen molar-refractivity contribution < 1.29 is 0 Å². The fourth-order valence-electron chi connectivity index (χ4n) is 2.89. The van der Waals surface area contributed by atoms with E-state index in [-0.39, 0.29) is 0 Å². The van der Waals surface area contributed by atoms with Gasteiger partial charge in [0.15, 0.2) is 0 Å². The van der Waals surface area contributed by atoms with Crippen LogP contribution in [0.5, 0.6) is 0 Å². The van der Waals surface area contributed by atoms with E-state index in [9.17, 15) is 0 Å². The van der Waals surface area contributed by atoms with Crippen LogP contribution >= 0.6 is 27.3 Å². The van der Waals surface area contributed by atoms with Crippen LogP contribution in [0.2, 0.25) is 0 Å². The van der Waals surface area contributed by atoms with E-state index in [0.717, 1.165) is 12.1 Å². The van der Waals surface area contributed by atoms with Crippen molar-refractivity contribution in [3.8, 4) is 0 Å². The summed E-state index contributed by atoms with van der Waals surface area (Å²) < 4.78 is 1.26. The van der Waals surface area contributed by atoms with Crippen molar-refractivity contribution in [2.24, 2.45) is 0 Å².